The van der Waals surface area contributed by atoms with Gasteiger partial charge in [0.1, 0.15) is 5.75 Å². The molecular weight excluding hydrogens is 262 g/mol. The van der Waals surface area contributed by atoms with Crippen LogP contribution in [0.25, 0.3) is 0 Å². The summed E-state index contributed by atoms with van der Waals surface area (Å²) in [5, 5.41) is 0. The second kappa shape index (κ2) is 5.60. The van der Waals surface area contributed by atoms with E-state index in [1.54, 1.807) is 7.11 Å². The summed E-state index contributed by atoms with van der Waals surface area (Å²) in [7, 11) is 3.53. The standard InChI is InChI=1S/C18H19NO2/c1-19-12-11-13-5-3-4-6-16(13)17(18(19)20)14-7-9-15(21-2)10-8-14/h3-10,17H,11-12H2,1-2H3/t17-/m1/s1. The quantitative estimate of drug-likeness (QED) is 0.847. The van der Waals surface area contributed by atoms with Gasteiger partial charge >= 0.3 is 0 Å². The van der Waals surface area contributed by atoms with Crippen LogP contribution >= 0.6 is 0 Å². The third-order valence-electron chi connectivity index (χ3n) is 4.15. The minimum Gasteiger partial charge on any atom is -0.497 e. The Kier molecular flexibility index (Phi) is 3.65. The second-order valence-corrected chi connectivity index (χ2v) is 5.41. The molecule has 0 radical (unpaired) electrons. The molecule has 0 unspecified atom stereocenters. The Morgan fingerprint density at radius 3 is 2.52 bits per heavy atom. The number of carbonyl (C=O) groups is 1. The fraction of sp³-hybridized carbons (Fsp3) is 0.278. The molecule has 0 aromatic heterocycles. The summed E-state index contributed by atoms with van der Waals surface area (Å²) in [5.41, 5.74) is 3.40. The van der Waals surface area contributed by atoms with E-state index in [0.717, 1.165) is 29.8 Å². The van der Waals surface area contributed by atoms with Crippen molar-refractivity contribution < 1.29 is 9.53 Å². The highest BCUT2D eigenvalue weighted by molar-refractivity contribution is 5.88. The summed E-state index contributed by atoms with van der Waals surface area (Å²) in [5.74, 6) is 0.742. The van der Waals surface area contributed by atoms with E-state index in [2.05, 4.69) is 12.1 Å². The maximum absolute atomic E-state index is 12.8. The zero-order valence-electron chi connectivity index (χ0n) is 12.4. The molecule has 21 heavy (non-hydrogen) atoms. The van der Waals surface area contributed by atoms with Gasteiger partial charge in [-0.25, -0.2) is 0 Å². The van der Waals surface area contributed by atoms with Gasteiger partial charge in [0.25, 0.3) is 0 Å². The fourth-order valence-electron chi connectivity index (χ4n) is 2.91. The average Bonchev–Trinajstić information content (AvgIpc) is 2.65. The number of nitrogens with zero attached hydrogens (tertiary/aromatic N) is 1. The zero-order chi connectivity index (χ0) is 14.8. The van der Waals surface area contributed by atoms with Crippen LogP contribution in [0, 0.1) is 0 Å². The first kappa shape index (κ1) is 13.7. The van der Waals surface area contributed by atoms with Crippen molar-refractivity contribution in [1.29, 1.82) is 0 Å². The number of amides is 1. The monoisotopic (exact) mass is 281 g/mol. The molecule has 0 saturated heterocycles. The Hall–Kier alpha value is -2.29. The highest BCUT2D eigenvalue weighted by atomic mass is 16.5. The molecule has 0 saturated carbocycles. The Bertz CT molecular complexity index is 649. The van der Waals surface area contributed by atoms with Crippen molar-refractivity contribution in [3.05, 3.63) is 65.2 Å². The molecule has 1 atom stereocenters. The molecule has 0 fully saturated rings. The topological polar surface area (TPSA) is 29.5 Å². The van der Waals surface area contributed by atoms with E-state index in [1.165, 1.54) is 5.56 Å². The molecule has 108 valence electrons. The van der Waals surface area contributed by atoms with E-state index < -0.39 is 0 Å². The first-order valence-corrected chi connectivity index (χ1v) is 7.17. The third kappa shape index (κ3) is 2.51. The van der Waals surface area contributed by atoms with Crippen LogP contribution in [0.3, 0.4) is 0 Å². The van der Waals surface area contributed by atoms with Gasteiger partial charge in [0.2, 0.25) is 5.91 Å². The van der Waals surface area contributed by atoms with Crippen molar-refractivity contribution in [2.24, 2.45) is 0 Å². The summed E-state index contributed by atoms with van der Waals surface area (Å²) < 4.78 is 5.20. The lowest BCUT2D eigenvalue weighted by molar-refractivity contribution is -0.130. The van der Waals surface area contributed by atoms with Gasteiger partial charge in [-0.05, 0) is 35.2 Å². The van der Waals surface area contributed by atoms with Crippen LogP contribution < -0.4 is 4.74 Å². The van der Waals surface area contributed by atoms with E-state index >= 15 is 0 Å². The molecule has 3 rings (SSSR count). The van der Waals surface area contributed by atoms with Gasteiger partial charge in [-0.3, -0.25) is 4.79 Å². The Morgan fingerprint density at radius 2 is 1.81 bits per heavy atom. The SMILES string of the molecule is COc1ccc([C@H]2C(=O)N(C)CCc3ccccc32)cc1. The molecule has 1 heterocycles. The lowest BCUT2D eigenvalue weighted by atomic mass is 9.87. The van der Waals surface area contributed by atoms with E-state index in [9.17, 15) is 4.79 Å². The lowest BCUT2D eigenvalue weighted by Gasteiger charge is -2.21. The first-order valence-electron chi connectivity index (χ1n) is 7.17. The van der Waals surface area contributed by atoms with Crippen LogP contribution in [0.2, 0.25) is 0 Å². The number of rotatable bonds is 2. The Morgan fingerprint density at radius 1 is 1.10 bits per heavy atom. The van der Waals surface area contributed by atoms with Crippen molar-refractivity contribution in [3.8, 4) is 5.75 Å². The van der Waals surface area contributed by atoms with Gasteiger partial charge in [-0.15, -0.1) is 0 Å². The van der Waals surface area contributed by atoms with Gasteiger partial charge < -0.3 is 9.64 Å². The maximum Gasteiger partial charge on any atom is 0.234 e. The molecule has 0 bridgehead atoms. The summed E-state index contributed by atoms with van der Waals surface area (Å²) in [6.45, 7) is 0.766. The number of benzene rings is 2. The molecule has 2 aromatic rings. The van der Waals surface area contributed by atoms with Crippen LogP contribution in [-0.4, -0.2) is 31.5 Å². The summed E-state index contributed by atoms with van der Waals surface area (Å²) >= 11 is 0. The average molecular weight is 281 g/mol. The number of hydrogen-bond donors (Lipinski definition) is 0. The van der Waals surface area contributed by atoms with Crippen molar-refractivity contribution >= 4 is 5.91 Å². The van der Waals surface area contributed by atoms with Gasteiger partial charge in [0.05, 0.1) is 13.0 Å². The van der Waals surface area contributed by atoms with Crippen molar-refractivity contribution in [2.45, 2.75) is 12.3 Å². The number of hydrogen-bond acceptors (Lipinski definition) is 2. The molecule has 2 aromatic carbocycles. The molecule has 0 aliphatic carbocycles. The molecule has 0 spiro atoms. The molecule has 3 nitrogen and oxygen atoms in total. The lowest BCUT2D eigenvalue weighted by Crippen LogP contribution is -2.31. The number of methoxy groups -OCH3 is 1. The van der Waals surface area contributed by atoms with Crippen LogP contribution in [0.15, 0.2) is 48.5 Å². The molecule has 1 aliphatic heterocycles. The van der Waals surface area contributed by atoms with Gasteiger partial charge in [-0.2, -0.15) is 0 Å². The Labute approximate surface area is 125 Å². The minimum atomic E-state index is -0.223. The van der Waals surface area contributed by atoms with E-state index in [-0.39, 0.29) is 11.8 Å². The fourth-order valence-corrected chi connectivity index (χ4v) is 2.91. The van der Waals surface area contributed by atoms with Gasteiger partial charge in [0.15, 0.2) is 0 Å². The minimum absolute atomic E-state index is 0.158. The smallest absolute Gasteiger partial charge is 0.234 e. The molecule has 1 aliphatic rings. The summed E-state index contributed by atoms with van der Waals surface area (Å²) in [6.07, 6.45) is 0.908. The van der Waals surface area contributed by atoms with Crippen LogP contribution in [0.5, 0.6) is 5.75 Å². The molecular formula is C18H19NO2. The van der Waals surface area contributed by atoms with Gasteiger partial charge in [0, 0.05) is 13.6 Å². The Balaban J connectivity index is 2.09. The van der Waals surface area contributed by atoms with Crippen LogP contribution in [-0.2, 0) is 11.2 Å². The summed E-state index contributed by atoms with van der Waals surface area (Å²) in [4.78, 5) is 14.6. The van der Waals surface area contributed by atoms with Crippen molar-refractivity contribution in [2.75, 3.05) is 20.7 Å². The van der Waals surface area contributed by atoms with E-state index in [1.807, 2.05) is 48.3 Å². The number of ether oxygens (including phenoxy) is 1. The number of fused-ring (bicyclic) bond motifs is 1. The maximum atomic E-state index is 12.8. The third-order valence-corrected chi connectivity index (χ3v) is 4.15. The zero-order valence-corrected chi connectivity index (χ0v) is 12.4. The molecule has 1 amide bonds. The van der Waals surface area contributed by atoms with Crippen molar-refractivity contribution in [1.82, 2.24) is 4.90 Å². The van der Waals surface area contributed by atoms with Gasteiger partial charge in [-0.1, -0.05) is 36.4 Å². The summed E-state index contributed by atoms with van der Waals surface area (Å²) in [6, 6.07) is 16.0. The van der Waals surface area contributed by atoms with Crippen LogP contribution in [0.1, 0.15) is 22.6 Å². The largest absolute Gasteiger partial charge is 0.497 e. The first-order chi connectivity index (χ1) is 10.2. The molecule has 3 heteroatoms. The second-order valence-electron chi connectivity index (χ2n) is 5.41. The normalized spacial score (nSPS) is 18.1. The van der Waals surface area contributed by atoms with Crippen LogP contribution in [0.4, 0.5) is 0 Å². The van der Waals surface area contributed by atoms with E-state index in [4.69, 9.17) is 4.74 Å². The highest BCUT2D eigenvalue weighted by Gasteiger charge is 2.30. The highest BCUT2D eigenvalue weighted by Crippen LogP contribution is 2.32. The number of likely N-dealkylation sites (N-methyl/N-ethyl adjacent to an activating group) is 1. The van der Waals surface area contributed by atoms with E-state index in [0.29, 0.717) is 0 Å². The van der Waals surface area contributed by atoms with Crippen molar-refractivity contribution in [3.63, 3.8) is 0 Å². The molecule has 0 N–H and O–H groups in total. The predicted octanol–water partition coefficient (Wildman–Crippen LogP) is 2.84. The predicted molar refractivity (Wildman–Crippen MR) is 82.6 cm³/mol. The number of carbonyl (C=O) groups excluding carboxylic acids is 1.